The highest BCUT2D eigenvalue weighted by Crippen LogP contribution is 2.71. The topological polar surface area (TPSA) is 72.8 Å². The molecule has 0 radical (unpaired) electrons. The van der Waals surface area contributed by atoms with Gasteiger partial charge in [0.05, 0.1) is 0 Å². The van der Waals surface area contributed by atoms with Gasteiger partial charge in [-0.1, -0.05) is 13.8 Å². The number of carbonyl (C=O) groups is 2. The molecule has 44 heavy (non-hydrogen) atoms. The van der Waals surface area contributed by atoms with Crippen molar-refractivity contribution in [2.24, 2.45) is 41.4 Å². The molecule has 0 aromatic carbocycles. The van der Waals surface area contributed by atoms with E-state index in [-0.39, 0.29) is 13.8 Å². The summed E-state index contributed by atoms with van der Waals surface area (Å²) in [7, 11) is 0. The van der Waals surface area contributed by atoms with Crippen LogP contribution in [0.4, 0.5) is 70.2 Å². The zero-order valence-corrected chi connectivity index (χ0v) is 22.6. The summed E-state index contributed by atoms with van der Waals surface area (Å²) < 4.78 is 233. The molecule has 0 aromatic heterocycles. The van der Waals surface area contributed by atoms with Crippen molar-refractivity contribution in [3.05, 3.63) is 0 Å². The SMILES string of the molecule is CC(=O)OC(CC1C(CC(OC(C)=O)(C(F)(F)F)C(F)(F)F)C2C(C)C(C)C1C2C(O)(F)C(F)(F)F)(C(F)(F)F)C(F)(F)F. The predicted molar refractivity (Wildman–Crippen MR) is 110 cm³/mol. The number of ether oxygens (including phenoxy) is 2. The summed E-state index contributed by atoms with van der Waals surface area (Å²) in [6.45, 7) is 1.72. The lowest BCUT2D eigenvalue weighted by Gasteiger charge is -2.47. The second kappa shape index (κ2) is 10.9. The largest absolute Gasteiger partial charge is 0.448 e. The van der Waals surface area contributed by atoms with E-state index in [1.54, 1.807) is 0 Å². The first-order valence-electron chi connectivity index (χ1n) is 12.4. The minimum atomic E-state index is -6.73. The Morgan fingerprint density at radius 3 is 0.977 bits per heavy atom. The van der Waals surface area contributed by atoms with Gasteiger partial charge in [0.25, 0.3) is 0 Å². The van der Waals surface area contributed by atoms with Crippen LogP contribution in [0.15, 0.2) is 0 Å². The zero-order valence-electron chi connectivity index (χ0n) is 22.6. The van der Waals surface area contributed by atoms with E-state index in [0.29, 0.717) is 0 Å². The fourth-order valence-corrected chi connectivity index (χ4v) is 7.02. The van der Waals surface area contributed by atoms with Gasteiger partial charge >= 0.3 is 59.9 Å². The number of carbonyl (C=O) groups excluding carboxylic acids is 2. The Balaban J connectivity index is 3.03. The number of alkyl halides is 16. The van der Waals surface area contributed by atoms with E-state index in [4.69, 9.17) is 0 Å². The van der Waals surface area contributed by atoms with Gasteiger partial charge in [-0.3, -0.25) is 9.59 Å². The average Bonchev–Trinajstić information content (AvgIpc) is 3.19. The Morgan fingerprint density at radius 2 is 0.795 bits per heavy atom. The van der Waals surface area contributed by atoms with Crippen molar-refractivity contribution in [1.29, 1.82) is 0 Å². The van der Waals surface area contributed by atoms with Crippen LogP contribution in [0.25, 0.3) is 0 Å². The second-order valence-corrected chi connectivity index (χ2v) is 11.1. The molecule has 7 atom stereocenters. The third-order valence-electron chi connectivity index (χ3n) is 8.76. The van der Waals surface area contributed by atoms with E-state index in [9.17, 15) is 80.6 Å². The molecule has 0 heterocycles. The van der Waals surface area contributed by atoms with E-state index in [1.807, 2.05) is 0 Å². The minimum Gasteiger partial charge on any atom is -0.440 e. The lowest BCUT2D eigenvalue weighted by molar-refractivity contribution is -0.382. The number of hydrogen-bond donors (Lipinski definition) is 1. The molecule has 0 amide bonds. The van der Waals surface area contributed by atoms with E-state index in [2.05, 4.69) is 9.47 Å². The summed E-state index contributed by atoms with van der Waals surface area (Å²) in [4.78, 5) is 22.9. The van der Waals surface area contributed by atoms with Crippen molar-refractivity contribution >= 4 is 11.9 Å². The standard InChI is InChI=1S/C23H24F16O5/c1-7-8(2)14-12(6-17(21(31,32)33,22(34,35)36)44-10(4)41)11(13(7)15(14)18(24,42)23(37,38)39)5-16(19(25,26)27,20(28,29)30)43-9(3)40/h7-8,11-15,42H,5-6H2,1-4H3. The molecule has 2 fully saturated rings. The second-order valence-electron chi connectivity index (χ2n) is 11.1. The van der Waals surface area contributed by atoms with E-state index >= 15 is 4.39 Å². The Bertz CT molecular complexity index is 987. The van der Waals surface area contributed by atoms with Gasteiger partial charge in [-0.25, -0.2) is 4.39 Å². The maximum absolute atomic E-state index is 15.1. The molecule has 2 aliphatic carbocycles. The lowest BCUT2D eigenvalue weighted by Crippen LogP contribution is -2.63. The highest BCUT2D eigenvalue weighted by atomic mass is 19.4. The van der Waals surface area contributed by atoms with Gasteiger partial charge in [0.1, 0.15) is 0 Å². The fourth-order valence-electron chi connectivity index (χ4n) is 7.02. The van der Waals surface area contributed by atoms with Crippen LogP contribution in [-0.2, 0) is 19.1 Å². The summed E-state index contributed by atoms with van der Waals surface area (Å²) >= 11 is 0. The molecule has 2 rings (SSSR count). The summed E-state index contributed by atoms with van der Waals surface area (Å²) in [5, 5.41) is 9.88. The first kappa shape index (κ1) is 38.0. The Morgan fingerprint density at radius 1 is 0.545 bits per heavy atom. The minimum absolute atomic E-state index is 0.0288. The molecule has 2 saturated carbocycles. The van der Waals surface area contributed by atoms with Crippen LogP contribution >= 0.6 is 0 Å². The quantitative estimate of drug-likeness (QED) is 0.227. The molecular weight excluding hydrogens is 660 g/mol. The highest BCUT2D eigenvalue weighted by Gasteiger charge is 2.82. The van der Waals surface area contributed by atoms with E-state index < -0.39 is 114 Å². The molecule has 0 aromatic rings. The van der Waals surface area contributed by atoms with Crippen molar-refractivity contribution in [1.82, 2.24) is 0 Å². The van der Waals surface area contributed by atoms with Crippen molar-refractivity contribution in [3.8, 4) is 0 Å². The van der Waals surface area contributed by atoms with Gasteiger partial charge in [-0.2, -0.15) is 65.9 Å². The lowest BCUT2D eigenvalue weighted by atomic mass is 9.63. The first-order chi connectivity index (χ1) is 19.2. The van der Waals surface area contributed by atoms with Crippen molar-refractivity contribution < 1.29 is 94.4 Å². The first-order valence-corrected chi connectivity index (χ1v) is 12.4. The fraction of sp³-hybridized carbons (Fsp3) is 0.913. The third-order valence-corrected chi connectivity index (χ3v) is 8.76. The highest BCUT2D eigenvalue weighted by molar-refractivity contribution is 5.67. The monoisotopic (exact) mass is 684 g/mol. The Kier molecular flexibility index (Phi) is 9.45. The number of aliphatic hydroxyl groups is 1. The summed E-state index contributed by atoms with van der Waals surface area (Å²) in [6.07, 6.45) is -39.0. The van der Waals surface area contributed by atoms with Gasteiger partial charge in [-0.15, -0.1) is 0 Å². The van der Waals surface area contributed by atoms with E-state index in [0.717, 1.165) is 13.8 Å². The molecule has 0 spiro atoms. The van der Waals surface area contributed by atoms with Crippen LogP contribution < -0.4 is 0 Å². The number of halogens is 16. The zero-order chi connectivity index (χ0) is 35.0. The smallest absolute Gasteiger partial charge is 0.440 e. The maximum Gasteiger partial charge on any atom is 0.448 e. The summed E-state index contributed by atoms with van der Waals surface area (Å²) in [6, 6.07) is 0. The molecular formula is C23H24F16O5. The third kappa shape index (κ3) is 5.89. The van der Waals surface area contributed by atoms with Gasteiger partial charge in [-0.05, 0) is 35.5 Å². The molecule has 7 unspecified atom stereocenters. The average molecular weight is 684 g/mol. The summed E-state index contributed by atoms with van der Waals surface area (Å²) in [5.41, 5.74) is -11.4. The van der Waals surface area contributed by atoms with Crippen LogP contribution in [0.3, 0.4) is 0 Å². The van der Waals surface area contributed by atoms with Gasteiger partial charge in [0, 0.05) is 32.6 Å². The number of rotatable bonds is 7. The summed E-state index contributed by atoms with van der Waals surface area (Å²) in [5.74, 6) is -27.9. The van der Waals surface area contributed by atoms with Crippen LogP contribution in [-0.4, -0.2) is 65.0 Å². The predicted octanol–water partition coefficient (Wildman–Crippen LogP) is 7.22. The maximum atomic E-state index is 15.1. The van der Waals surface area contributed by atoms with Gasteiger partial charge in [0.2, 0.25) is 0 Å². The van der Waals surface area contributed by atoms with Gasteiger partial charge < -0.3 is 14.6 Å². The molecule has 0 aliphatic heterocycles. The molecule has 0 saturated heterocycles. The van der Waals surface area contributed by atoms with Crippen LogP contribution in [0.5, 0.6) is 0 Å². The molecule has 21 heteroatoms. The number of hydrogen-bond acceptors (Lipinski definition) is 5. The molecule has 2 aliphatic rings. The van der Waals surface area contributed by atoms with Gasteiger partial charge in [0.15, 0.2) is 0 Å². The number of fused-ring (bicyclic) bond motifs is 2. The van der Waals surface area contributed by atoms with Crippen LogP contribution in [0.2, 0.25) is 0 Å². The van der Waals surface area contributed by atoms with Crippen LogP contribution in [0, 0.1) is 41.4 Å². The van der Waals surface area contributed by atoms with Crippen molar-refractivity contribution in [3.63, 3.8) is 0 Å². The number of esters is 2. The van der Waals surface area contributed by atoms with Crippen molar-refractivity contribution in [2.45, 2.75) is 88.5 Å². The van der Waals surface area contributed by atoms with Crippen LogP contribution in [0.1, 0.15) is 40.5 Å². The Labute approximate surface area is 237 Å². The van der Waals surface area contributed by atoms with E-state index in [1.165, 1.54) is 0 Å². The molecule has 258 valence electrons. The Hall–Kier alpha value is -2.22. The molecule has 2 bridgehead atoms. The molecule has 5 nitrogen and oxygen atoms in total. The molecule has 1 N–H and O–H groups in total. The van der Waals surface area contributed by atoms with Crippen molar-refractivity contribution in [2.75, 3.05) is 0 Å². The normalized spacial score (nSPS) is 30.2.